The molecule has 2 heteroatoms. The van der Waals surface area contributed by atoms with Gasteiger partial charge in [0.2, 0.25) is 0 Å². The van der Waals surface area contributed by atoms with Crippen LogP contribution >= 0.6 is 0 Å². The summed E-state index contributed by atoms with van der Waals surface area (Å²) in [7, 11) is 0. The second-order valence-electron chi connectivity index (χ2n) is 4.80. The van der Waals surface area contributed by atoms with E-state index in [1.165, 1.54) is 58.4 Å². The molecule has 0 saturated carbocycles. The fourth-order valence-corrected chi connectivity index (χ4v) is 2.46. The molecule has 0 aromatic rings. The minimum absolute atomic E-state index is 0.725. The summed E-state index contributed by atoms with van der Waals surface area (Å²) < 4.78 is 0. The van der Waals surface area contributed by atoms with E-state index in [2.05, 4.69) is 17.1 Å². The van der Waals surface area contributed by atoms with Crippen LogP contribution in [0.3, 0.4) is 0 Å². The summed E-state index contributed by atoms with van der Waals surface area (Å²) in [5.74, 6) is 0. The second kappa shape index (κ2) is 3.97. The van der Waals surface area contributed by atoms with E-state index in [1.807, 2.05) is 0 Å². The topological polar surface area (TPSA) is 15.3 Å². The molecule has 0 aliphatic carbocycles. The maximum atomic E-state index is 3.41. The average molecular weight is 182 g/mol. The Balaban J connectivity index is 1.70. The van der Waals surface area contributed by atoms with Gasteiger partial charge in [-0.15, -0.1) is 0 Å². The van der Waals surface area contributed by atoms with Crippen LogP contribution in [0.15, 0.2) is 0 Å². The molecule has 0 aromatic carbocycles. The molecule has 0 bridgehead atoms. The Labute approximate surface area is 81.7 Å². The average Bonchev–Trinajstić information content (AvgIpc) is 2.13. The van der Waals surface area contributed by atoms with Crippen molar-refractivity contribution in [3.05, 3.63) is 0 Å². The van der Waals surface area contributed by atoms with Gasteiger partial charge in [0.1, 0.15) is 0 Å². The van der Waals surface area contributed by atoms with Gasteiger partial charge in [0, 0.05) is 13.1 Å². The molecule has 2 aliphatic heterocycles. The molecule has 0 radical (unpaired) electrons. The van der Waals surface area contributed by atoms with Crippen molar-refractivity contribution in [3.63, 3.8) is 0 Å². The highest BCUT2D eigenvalue weighted by Gasteiger charge is 2.39. The smallest absolute Gasteiger partial charge is 0.00212 e. The Hall–Kier alpha value is -0.0800. The van der Waals surface area contributed by atoms with Crippen molar-refractivity contribution in [1.82, 2.24) is 10.2 Å². The molecule has 2 saturated heterocycles. The van der Waals surface area contributed by atoms with Gasteiger partial charge in [0.15, 0.2) is 0 Å². The van der Waals surface area contributed by atoms with Crippen molar-refractivity contribution in [2.45, 2.75) is 32.6 Å². The van der Waals surface area contributed by atoms with Crippen LogP contribution in [-0.4, -0.2) is 37.6 Å². The van der Waals surface area contributed by atoms with Crippen molar-refractivity contribution >= 4 is 0 Å². The Morgan fingerprint density at radius 3 is 2.38 bits per heavy atom. The molecule has 2 heterocycles. The van der Waals surface area contributed by atoms with Gasteiger partial charge in [-0.25, -0.2) is 0 Å². The van der Waals surface area contributed by atoms with Crippen LogP contribution < -0.4 is 5.32 Å². The first kappa shape index (κ1) is 9.47. The number of nitrogens with zero attached hydrogens (tertiary/aromatic N) is 1. The highest BCUT2D eigenvalue weighted by Crippen LogP contribution is 2.34. The fourth-order valence-electron chi connectivity index (χ4n) is 2.46. The lowest BCUT2D eigenvalue weighted by Crippen LogP contribution is -2.58. The monoisotopic (exact) mass is 182 g/mol. The number of hydrogen-bond donors (Lipinski definition) is 1. The summed E-state index contributed by atoms with van der Waals surface area (Å²) in [5.41, 5.74) is 0.725. The summed E-state index contributed by atoms with van der Waals surface area (Å²) in [6, 6.07) is 0. The van der Waals surface area contributed by atoms with E-state index in [4.69, 9.17) is 0 Å². The third-order valence-corrected chi connectivity index (χ3v) is 3.74. The molecule has 0 atom stereocenters. The molecule has 0 unspecified atom stereocenters. The van der Waals surface area contributed by atoms with Gasteiger partial charge < -0.3 is 10.2 Å². The van der Waals surface area contributed by atoms with Crippen molar-refractivity contribution in [3.8, 4) is 0 Å². The summed E-state index contributed by atoms with van der Waals surface area (Å²) in [6.07, 6.45) is 5.59. The van der Waals surface area contributed by atoms with E-state index in [9.17, 15) is 0 Å². The first-order chi connectivity index (χ1) is 6.35. The number of likely N-dealkylation sites (tertiary alicyclic amines) is 1. The highest BCUT2D eigenvalue weighted by atomic mass is 15.1. The van der Waals surface area contributed by atoms with Gasteiger partial charge in [0.25, 0.3) is 0 Å². The van der Waals surface area contributed by atoms with E-state index in [0.717, 1.165) is 5.41 Å². The Morgan fingerprint density at radius 2 is 1.92 bits per heavy atom. The molecule has 2 nitrogen and oxygen atoms in total. The first-order valence-electron chi connectivity index (χ1n) is 5.78. The predicted molar refractivity (Wildman–Crippen MR) is 55.9 cm³/mol. The molecule has 2 rings (SSSR count). The molecular formula is C11H22N2. The highest BCUT2D eigenvalue weighted by molar-refractivity contribution is 4.95. The normalized spacial score (nSPS) is 27.5. The van der Waals surface area contributed by atoms with Crippen LogP contribution in [0.1, 0.15) is 32.6 Å². The zero-order chi connectivity index (χ0) is 9.15. The molecule has 1 spiro atoms. The maximum Gasteiger partial charge on any atom is 0.00212 e. The van der Waals surface area contributed by atoms with Crippen LogP contribution in [-0.2, 0) is 0 Å². The molecule has 13 heavy (non-hydrogen) atoms. The van der Waals surface area contributed by atoms with Crippen LogP contribution in [0.4, 0.5) is 0 Å². The molecule has 2 aliphatic rings. The third kappa shape index (κ3) is 2.05. The third-order valence-electron chi connectivity index (χ3n) is 3.74. The molecule has 1 N–H and O–H groups in total. The van der Waals surface area contributed by atoms with Crippen LogP contribution in [0, 0.1) is 5.41 Å². The number of nitrogens with one attached hydrogen (secondary N) is 1. The Morgan fingerprint density at radius 1 is 1.23 bits per heavy atom. The zero-order valence-corrected chi connectivity index (χ0v) is 8.81. The Kier molecular flexibility index (Phi) is 2.89. The van der Waals surface area contributed by atoms with Gasteiger partial charge in [-0.3, -0.25) is 0 Å². The molecule has 2 fully saturated rings. The standard InChI is InChI=1S/C11H22N2/c1-2-3-6-13-7-4-11(5-8-13)9-12-10-11/h12H,2-10H2,1H3. The maximum absolute atomic E-state index is 3.41. The lowest BCUT2D eigenvalue weighted by Gasteiger charge is -2.48. The summed E-state index contributed by atoms with van der Waals surface area (Å²) in [5, 5.41) is 3.41. The summed E-state index contributed by atoms with van der Waals surface area (Å²) in [6.45, 7) is 8.88. The van der Waals surface area contributed by atoms with Gasteiger partial charge >= 0.3 is 0 Å². The van der Waals surface area contributed by atoms with E-state index < -0.39 is 0 Å². The summed E-state index contributed by atoms with van der Waals surface area (Å²) >= 11 is 0. The van der Waals surface area contributed by atoms with E-state index >= 15 is 0 Å². The minimum Gasteiger partial charge on any atom is -0.316 e. The quantitative estimate of drug-likeness (QED) is 0.711. The predicted octanol–water partition coefficient (Wildman–Crippen LogP) is 1.47. The molecule has 0 aromatic heterocycles. The second-order valence-corrected chi connectivity index (χ2v) is 4.80. The molecular weight excluding hydrogens is 160 g/mol. The summed E-state index contributed by atoms with van der Waals surface area (Å²) in [4.78, 5) is 2.65. The molecule has 0 amide bonds. The van der Waals surface area contributed by atoms with Crippen LogP contribution in [0.2, 0.25) is 0 Å². The number of rotatable bonds is 3. The zero-order valence-electron chi connectivity index (χ0n) is 8.81. The minimum atomic E-state index is 0.725. The lowest BCUT2D eigenvalue weighted by atomic mass is 9.73. The number of piperidine rings is 1. The van der Waals surface area contributed by atoms with Gasteiger partial charge in [-0.05, 0) is 44.3 Å². The van der Waals surface area contributed by atoms with Crippen molar-refractivity contribution in [2.24, 2.45) is 5.41 Å². The SMILES string of the molecule is CCCCN1CCC2(CC1)CNC2. The van der Waals surface area contributed by atoms with E-state index in [1.54, 1.807) is 0 Å². The first-order valence-corrected chi connectivity index (χ1v) is 5.78. The lowest BCUT2D eigenvalue weighted by molar-refractivity contribution is 0.0549. The number of unbranched alkanes of at least 4 members (excludes halogenated alkanes) is 1. The van der Waals surface area contributed by atoms with Crippen molar-refractivity contribution in [1.29, 1.82) is 0 Å². The van der Waals surface area contributed by atoms with Gasteiger partial charge in [0.05, 0.1) is 0 Å². The van der Waals surface area contributed by atoms with E-state index in [-0.39, 0.29) is 0 Å². The van der Waals surface area contributed by atoms with E-state index in [0.29, 0.717) is 0 Å². The van der Waals surface area contributed by atoms with Crippen molar-refractivity contribution in [2.75, 3.05) is 32.7 Å². The van der Waals surface area contributed by atoms with Crippen LogP contribution in [0.5, 0.6) is 0 Å². The molecule has 76 valence electrons. The Bertz CT molecular complexity index is 153. The van der Waals surface area contributed by atoms with Crippen LogP contribution in [0.25, 0.3) is 0 Å². The van der Waals surface area contributed by atoms with Gasteiger partial charge in [-0.1, -0.05) is 13.3 Å². The largest absolute Gasteiger partial charge is 0.316 e. The number of hydrogen-bond acceptors (Lipinski definition) is 2. The van der Waals surface area contributed by atoms with Gasteiger partial charge in [-0.2, -0.15) is 0 Å². The fraction of sp³-hybridized carbons (Fsp3) is 1.00. The van der Waals surface area contributed by atoms with Crippen molar-refractivity contribution < 1.29 is 0 Å².